The molecule has 0 radical (unpaired) electrons. The fourth-order valence-corrected chi connectivity index (χ4v) is 10.4. The van der Waals surface area contributed by atoms with Crippen LogP contribution in [0.25, 0.3) is 0 Å². The van der Waals surface area contributed by atoms with E-state index < -0.39 is 0 Å². The maximum atomic E-state index is 11.1. The second-order valence-corrected chi connectivity index (χ2v) is 18.4. The molecule has 0 spiro atoms. The maximum absolute atomic E-state index is 11.1. The minimum absolute atomic E-state index is 0.0694. The Morgan fingerprint density at radius 3 is 2.27 bits per heavy atom. The summed E-state index contributed by atoms with van der Waals surface area (Å²) in [7, 11) is 2.83. The molecule has 0 aromatic carbocycles. The molecule has 0 fully saturated rings. The average molecular weight is 204 g/mol. The van der Waals surface area contributed by atoms with E-state index in [1.54, 1.807) is 0 Å². The summed E-state index contributed by atoms with van der Waals surface area (Å²) in [6.45, 7) is 4.01. The zero-order valence-electron chi connectivity index (χ0n) is 7.73. The lowest BCUT2D eigenvalue weighted by Crippen LogP contribution is -2.17. The van der Waals surface area contributed by atoms with Crippen molar-refractivity contribution in [1.29, 1.82) is 0 Å². The lowest BCUT2D eigenvalue weighted by Gasteiger charge is -2.04. The Bertz CT molecular complexity index is 173. The summed E-state index contributed by atoms with van der Waals surface area (Å²) >= 11 is 0. The Morgan fingerprint density at radius 2 is 2.00 bits per heavy atom. The molecule has 0 aromatic rings. The number of ether oxygens (including phenoxy) is 1. The van der Waals surface area contributed by atoms with Gasteiger partial charge in [0.1, 0.15) is 0 Å². The molecule has 0 aromatic heterocycles. The lowest BCUT2D eigenvalue weighted by atomic mass is 10.3. The van der Waals surface area contributed by atoms with Gasteiger partial charge in [-0.15, -0.1) is 0 Å². The van der Waals surface area contributed by atoms with E-state index in [1.807, 2.05) is 13.8 Å². The largest absolute Gasteiger partial charge is 0.466 e. The molecule has 0 unspecified atom stereocenters. The summed E-state index contributed by atoms with van der Waals surface area (Å²) in [5.41, 5.74) is 1.17. The van der Waals surface area contributed by atoms with Crippen molar-refractivity contribution in [1.82, 2.24) is 0 Å². The highest BCUT2D eigenvalue weighted by Crippen LogP contribution is 2.02. The van der Waals surface area contributed by atoms with Gasteiger partial charge in [-0.3, -0.25) is 0 Å². The normalized spacial score (nSPS) is 11.5. The van der Waals surface area contributed by atoms with Gasteiger partial charge in [0, 0.05) is 14.2 Å². The molecule has 0 heterocycles. The van der Waals surface area contributed by atoms with Crippen molar-refractivity contribution in [3.8, 4) is 0 Å². The number of carbonyl (C=O) groups excluding carboxylic acids is 1. The van der Waals surface area contributed by atoms with Crippen LogP contribution >= 0.6 is 0 Å². The van der Waals surface area contributed by atoms with E-state index in [2.05, 4.69) is 0 Å². The summed E-state index contributed by atoms with van der Waals surface area (Å²) in [6.07, 6.45) is 0. The smallest absolute Gasteiger partial charge is 0.328 e. The van der Waals surface area contributed by atoms with Crippen LogP contribution in [0.1, 0.15) is 13.8 Å². The fraction of sp³-hybridized carbons (Fsp3) is 0.500. The van der Waals surface area contributed by atoms with Gasteiger partial charge >= 0.3 is 5.97 Å². The predicted molar refractivity (Wildman–Crippen MR) is 57.4 cm³/mol. The number of hydrogen-bond donors (Lipinski definition) is 0. The molecule has 2 nitrogen and oxygen atoms in total. The van der Waals surface area contributed by atoms with Crippen LogP contribution in [0, 0.1) is 0 Å². The monoisotopic (exact) mass is 204 g/mol. The molecule has 5 heteroatoms. The number of methoxy groups -OCH3 is 1. The first kappa shape index (κ1) is 10.9. The third-order valence-corrected chi connectivity index (χ3v) is 11.0. The third kappa shape index (κ3) is 3.68. The van der Waals surface area contributed by atoms with Gasteiger partial charge in [-0.25, -0.2) is 4.79 Å². The molecule has 0 saturated carbocycles. The molecule has 0 atom stereocenters. The van der Waals surface area contributed by atoms with Gasteiger partial charge in [-0.1, -0.05) is 5.57 Å². The second-order valence-electron chi connectivity index (χ2n) is 2.72. The lowest BCUT2D eigenvalue weighted by molar-refractivity contribution is -0.135. The molecule has 0 rings (SSSR count). The first-order chi connectivity index (χ1) is 5.13. The highest BCUT2D eigenvalue weighted by Gasteiger charge is 2.09. The molecule has 0 N–H and O–H groups in total. The number of allylic oxidation sites excluding steroid dienone is 1. The van der Waals surface area contributed by atoms with E-state index in [0.717, 1.165) is 5.20 Å². The van der Waals surface area contributed by atoms with Gasteiger partial charge in [0.25, 0.3) is 0 Å². The predicted octanol–water partition coefficient (Wildman–Crippen LogP) is -2.01. The number of esters is 1. The summed E-state index contributed by atoms with van der Waals surface area (Å²) in [6, 6.07) is 0. The third-order valence-electron chi connectivity index (χ3n) is 1.54. The van der Waals surface area contributed by atoms with E-state index in [1.165, 1.54) is 22.4 Å². The molecule has 11 heavy (non-hydrogen) atoms. The van der Waals surface area contributed by atoms with Crippen molar-refractivity contribution in [3.05, 3.63) is 10.8 Å². The van der Waals surface area contributed by atoms with Crippen LogP contribution in [-0.2, 0) is 9.53 Å². The van der Waals surface area contributed by atoms with Crippen LogP contribution in [-0.4, -0.2) is 40.4 Å². The topological polar surface area (TPSA) is 26.3 Å². The number of rotatable bonds is 3. The highest BCUT2D eigenvalue weighted by molar-refractivity contribution is 7.26. The van der Waals surface area contributed by atoms with E-state index in [4.69, 9.17) is 4.74 Å². The van der Waals surface area contributed by atoms with Crippen molar-refractivity contribution < 1.29 is 9.53 Å². The summed E-state index contributed by atoms with van der Waals surface area (Å²) in [5.74, 6) is -0.0694. The van der Waals surface area contributed by atoms with E-state index in [9.17, 15) is 4.79 Å². The molecular weight excluding hydrogens is 188 g/mol. The van der Waals surface area contributed by atoms with Crippen LogP contribution in [0.2, 0.25) is 0 Å². The Balaban J connectivity index is 4.36. The van der Waals surface area contributed by atoms with Crippen molar-refractivity contribution >= 4 is 33.3 Å². The van der Waals surface area contributed by atoms with Crippen LogP contribution in [0.3, 0.4) is 0 Å². The minimum atomic E-state index is -0.165. The SMILES string of the molecule is COC(=O)C([SiH2][SiH2][SiH3])=C(C)C. The summed E-state index contributed by atoms with van der Waals surface area (Å²) in [4.78, 5) is 11.1. The molecule has 0 amide bonds. The van der Waals surface area contributed by atoms with Gasteiger partial charge < -0.3 is 4.74 Å². The molecule has 0 aliphatic carbocycles. The van der Waals surface area contributed by atoms with Crippen molar-refractivity contribution in [2.24, 2.45) is 0 Å². The highest BCUT2D eigenvalue weighted by atomic mass is 29.5. The van der Waals surface area contributed by atoms with Gasteiger partial charge in [0.2, 0.25) is 0 Å². The number of carbonyl (C=O) groups is 1. The molecule has 0 saturated heterocycles. The van der Waals surface area contributed by atoms with Crippen molar-refractivity contribution in [2.45, 2.75) is 13.8 Å². The first-order valence-corrected chi connectivity index (χ1v) is 14.2. The Labute approximate surface area is 75.0 Å². The van der Waals surface area contributed by atoms with E-state index in [0.29, 0.717) is 0 Å². The Hall–Kier alpha value is -0.139. The first-order valence-electron chi connectivity index (χ1n) is 3.88. The van der Waals surface area contributed by atoms with E-state index in [-0.39, 0.29) is 23.6 Å². The second kappa shape index (κ2) is 5.50. The molecule has 0 aliphatic heterocycles. The van der Waals surface area contributed by atoms with Gasteiger partial charge in [-0.2, -0.15) is 0 Å². The number of hydrogen-bond acceptors (Lipinski definition) is 2. The molecular formula is C6H16O2Si3. The van der Waals surface area contributed by atoms with Gasteiger partial charge in [0.05, 0.1) is 7.11 Å². The maximum Gasteiger partial charge on any atom is 0.328 e. The van der Waals surface area contributed by atoms with Gasteiger partial charge in [0.15, 0.2) is 0 Å². The molecule has 0 aliphatic rings. The zero-order valence-corrected chi connectivity index (χ0v) is 12.6. The zero-order chi connectivity index (χ0) is 8.85. The van der Waals surface area contributed by atoms with Crippen LogP contribution in [0.5, 0.6) is 0 Å². The molecule has 0 bridgehead atoms. The summed E-state index contributed by atoms with van der Waals surface area (Å²) in [5, 5.41) is 1.05. The minimum Gasteiger partial charge on any atom is -0.466 e. The Kier molecular flexibility index (Phi) is 5.43. The van der Waals surface area contributed by atoms with Crippen molar-refractivity contribution in [3.63, 3.8) is 0 Å². The van der Waals surface area contributed by atoms with Crippen LogP contribution in [0.4, 0.5) is 0 Å². The average Bonchev–Trinajstić information content (AvgIpc) is 1.98. The van der Waals surface area contributed by atoms with E-state index >= 15 is 0 Å². The van der Waals surface area contributed by atoms with Crippen LogP contribution < -0.4 is 0 Å². The van der Waals surface area contributed by atoms with Crippen LogP contribution in [0.15, 0.2) is 10.8 Å². The fourth-order valence-electron chi connectivity index (χ4n) is 0.929. The summed E-state index contributed by atoms with van der Waals surface area (Å²) < 4.78 is 4.70. The Morgan fingerprint density at radius 1 is 1.45 bits per heavy atom. The standard InChI is InChI=1S/C6H16O2Si3/c1-4(2)5(10-11-9)6(7)8-3/h10-11H2,1-3,9H3. The molecule has 64 valence electrons. The van der Waals surface area contributed by atoms with Crippen molar-refractivity contribution in [2.75, 3.05) is 7.11 Å². The van der Waals surface area contributed by atoms with Gasteiger partial charge in [-0.05, 0) is 32.2 Å². The quantitative estimate of drug-likeness (QED) is 0.302.